The first-order valence-electron chi connectivity index (χ1n) is 5.57. The van der Waals surface area contributed by atoms with Crippen LogP contribution in [0.25, 0.3) is 0 Å². The lowest BCUT2D eigenvalue weighted by Gasteiger charge is -2.21. The average molecular weight is 332 g/mol. The Morgan fingerprint density at radius 3 is 2.68 bits per heavy atom. The predicted octanol–water partition coefficient (Wildman–Crippen LogP) is 1.25. The van der Waals surface area contributed by atoms with E-state index >= 15 is 0 Å². The fourth-order valence-corrected chi connectivity index (χ4v) is 2.63. The molecule has 1 heterocycles. The number of aliphatic hydroxyl groups excluding tert-OH is 1. The number of hydrogen-bond donors (Lipinski definition) is 2. The van der Waals surface area contributed by atoms with E-state index in [1.165, 1.54) is 12.1 Å². The molecule has 0 aliphatic carbocycles. The lowest BCUT2D eigenvalue weighted by atomic mass is 10.1. The van der Waals surface area contributed by atoms with Gasteiger partial charge in [-0.15, -0.1) is 0 Å². The van der Waals surface area contributed by atoms with Crippen molar-refractivity contribution in [2.45, 2.75) is 18.6 Å². The second-order valence-corrected chi connectivity index (χ2v) is 5.15. The van der Waals surface area contributed by atoms with Crippen molar-refractivity contribution in [2.24, 2.45) is 0 Å². The first kappa shape index (κ1) is 14.0. The van der Waals surface area contributed by atoms with Crippen LogP contribution in [0.3, 0.4) is 0 Å². The van der Waals surface area contributed by atoms with E-state index < -0.39 is 29.8 Å². The van der Waals surface area contributed by atoms with Crippen LogP contribution in [0.1, 0.15) is 16.8 Å². The van der Waals surface area contributed by atoms with Crippen LogP contribution < -0.4 is 0 Å². The van der Waals surface area contributed by atoms with Crippen LogP contribution in [0.5, 0.6) is 0 Å². The Bertz CT molecular complexity index is 516. The average Bonchev–Trinajstić information content (AvgIpc) is 2.71. The summed E-state index contributed by atoms with van der Waals surface area (Å²) in [5.41, 5.74) is -0.220. The van der Waals surface area contributed by atoms with Gasteiger partial charge in [-0.3, -0.25) is 4.79 Å². The number of carboxylic acid groups (broad SMARTS) is 1. The number of carbonyl (C=O) groups is 2. The molecule has 0 saturated carbocycles. The number of carboxylic acids is 1. The minimum Gasteiger partial charge on any atom is -0.480 e. The summed E-state index contributed by atoms with van der Waals surface area (Å²) in [6, 6.07) is 2.93. The zero-order valence-electron chi connectivity index (χ0n) is 9.72. The highest BCUT2D eigenvalue weighted by molar-refractivity contribution is 9.10. The second kappa shape index (κ2) is 5.26. The van der Waals surface area contributed by atoms with Crippen LogP contribution in [0.4, 0.5) is 4.39 Å². The molecule has 1 aliphatic heterocycles. The number of carbonyl (C=O) groups excluding carboxylic acids is 1. The fraction of sp³-hybridized carbons (Fsp3) is 0.333. The maximum absolute atomic E-state index is 13.7. The van der Waals surface area contributed by atoms with Crippen molar-refractivity contribution in [1.82, 2.24) is 4.90 Å². The summed E-state index contributed by atoms with van der Waals surface area (Å²) in [6.07, 6.45) is -0.955. The SMILES string of the molecule is O=C(O)[C@@H]1C[C@@H](O)CN1C(=O)c1c(F)cccc1Br. The summed E-state index contributed by atoms with van der Waals surface area (Å²) in [7, 11) is 0. The molecule has 2 rings (SSSR count). The van der Waals surface area contributed by atoms with Crippen LogP contribution in [-0.4, -0.2) is 45.7 Å². The Hall–Kier alpha value is -1.47. The summed E-state index contributed by atoms with van der Waals surface area (Å²) in [4.78, 5) is 24.3. The van der Waals surface area contributed by atoms with E-state index in [0.717, 1.165) is 11.0 Å². The molecule has 102 valence electrons. The van der Waals surface area contributed by atoms with Crippen LogP contribution in [-0.2, 0) is 4.79 Å². The largest absolute Gasteiger partial charge is 0.480 e. The van der Waals surface area contributed by atoms with E-state index in [2.05, 4.69) is 15.9 Å². The number of rotatable bonds is 2. The third-order valence-electron chi connectivity index (χ3n) is 3.00. The molecule has 0 spiro atoms. The van der Waals surface area contributed by atoms with Crippen molar-refractivity contribution in [3.63, 3.8) is 0 Å². The molecule has 1 aliphatic rings. The van der Waals surface area contributed by atoms with Crippen LogP contribution >= 0.6 is 15.9 Å². The van der Waals surface area contributed by atoms with Gasteiger partial charge in [0.25, 0.3) is 5.91 Å². The van der Waals surface area contributed by atoms with Crippen LogP contribution in [0.2, 0.25) is 0 Å². The van der Waals surface area contributed by atoms with Crippen molar-refractivity contribution in [3.05, 3.63) is 34.1 Å². The van der Waals surface area contributed by atoms with Gasteiger partial charge in [-0.25, -0.2) is 9.18 Å². The van der Waals surface area contributed by atoms with Gasteiger partial charge in [0.05, 0.1) is 11.7 Å². The maximum Gasteiger partial charge on any atom is 0.326 e. The minimum atomic E-state index is -1.21. The number of amides is 1. The fourth-order valence-electron chi connectivity index (χ4n) is 2.12. The summed E-state index contributed by atoms with van der Waals surface area (Å²) >= 11 is 3.07. The molecular weight excluding hydrogens is 321 g/mol. The molecule has 5 nitrogen and oxygen atoms in total. The third-order valence-corrected chi connectivity index (χ3v) is 3.66. The van der Waals surface area contributed by atoms with E-state index in [4.69, 9.17) is 5.11 Å². The Labute approximate surface area is 116 Å². The molecule has 0 unspecified atom stereocenters. The number of hydrogen-bond acceptors (Lipinski definition) is 3. The van der Waals surface area contributed by atoms with E-state index in [9.17, 15) is 19.1 Å². The van der Waals surface area contributed by atoms with Gasteiger partial charge in [0.15, 0.2) is 0 Å². The highest BCUT2D eigenvalue weighted by Gasteiger charge is 2.40. The number of aliphatic carboxylic acids is 1. The Morgan fingerprint density at radius 2 is 2.11 bits per heavy atom. The molecule has 7 heteroatoms. The number of likely N-dealkylation sites (tertiary alicyclic amines) is 1. The van der Waals surface area contributed by atoms with Gasteiger partial charge in [0.1, 0.15) is 11.9 Å². The van der Waals surface area contributed by atoms with Crippen LogP contribution in [0, 0.1) is 5.82 Å². The third kappa shape index (κ3) is 2.62. The highest BCUT2D eigenvalue weighted by atomic mass is 79.9. The molecule has 2 N–H and O–H groups in total. The van der Waals surface area contributed by atoms with Gasteiger partial charge >= 0.3 is 5.97 Å². The monoisotopic (exact) mass is 331 g/mol. The summed E-state index contributed by atoms with van der Waals surface area (Å²) in [5.74, 6) is -2.68. The lowest BCUT2D eigenvalue weighted by Crippen LogP contribution is -2.41. The summed E-state index contributed by atoms with van der Waals surface area (Å²) in [5, 5.41) is 18.5. The lowest BCUT2D eigenvalue weighted by molar-refractivity contribution is -0.141. The van der Waals surface area contributed by atoms with E-state index in [1.54, 1.807) is 0 Å². The molecule has 0 aromatic heterocycles. The van der Waals surface area contributed by atoms with E-state index in [1.807, 2.05) is 0 Å². The predicted molar refractivity (Wildman–Crippen MR) is 67.2 cm³/mol. The Balaban J connectivity index is 2.36. The minimum absolute atomic E-state index is 0.0485. The summed E-state index contributed by atoms with van der Waals surface area (Å²) in [6.45, 7) is -0.115. The number of β-amino-alcohol motifs (C(OH)–C–C–N with tert-alkyl or cyclic N) is 1. The normalized spacial score (nSPS) is 22.6. The quantitative estimate of drug-likeness (QED) is 0.854. The van der Waals surface area contributed by atoms with Crippen LogP contribution in [0.15, 0.2) is 22.7 Å². The standard InChI is InChI=1S/C12H11BrFNO4/c13-7-2-1-3-8(14)10(7)11(17)15-5-6(16)4-9(15)12(18)19/h1-3,6,9,16H,4-5H2,(H,18,19)/t6-,9+/m1/s1. The summed E-state index contributed by atoms with van der Waals surface area (Å²) < 4.78 is 13.9. The second-order valence-electron chi connectivity index (χ2n) is 4.30. The van der Waals surface area contributed by atoms with Gasteiger partial charge in [-0.1, -0.05) is 6.07 Å². The van der Waals surface area contributed by atoms with E-state index in [0.29, 0.717) is 0 Å². The first-order valence-corrected chi connectivity index (χ1v) is 6.37. The molecule has 1 saturated heterocycles. The molecule has 1 aromatic carbocycles. The first-order chi connectivity index (χ1) is 8.91. The Kier molecular flexibility index (Phi) is 3.86. The van der Waals surface area contributed by atoms with Crippen molar-refractivity contribution in [1.29, 1.82) is 0 Å². The Morgan fingerprint density at radius 1 is 1.42 bits per heavy atom. The molecule has 19 heavy (non-hydrogen) atoms. The number of benzene rings is 1. The van der Waals surface area contributed by atoms with Gasteiger partial charge in [0, 0.05) is 17.4 Å². The number of aliphatic hydroxyl groups is 1. The van der Waals surface area contributed by atoms with Gasteiger partial charge in [-0.2, -0.15) is 0 Å². The number of halogens is 2. The zero-order valence-corrected chi connectivity index (χ0v) is 11.3. The number of nitrogens with zero attached hydrogens (tertiary/aromatic N) is 1. The molecule has 2 atom stereocenters. The smallest absolute Gasteiger partial charge is 0.326 e. The molecule has 1 fully saturated rings. The van der Waals surface area contributed by atoms with Gasteiger partial charge < -0.3 is 15.1 Å². The van der Waals surface area contributed by atoms with E-state index in [-0.39, 0.29) is 23.0 Å². The molecule has 1 aromatic rings. The molecular formula is C12H11BrFNO4. The highest BCUT2D eigenvalue weighted by Crippen LogP contribution is 2.26. The molecule has 0 radical (unpaired) electrons. The molecule has 0 bridgehead atoms. The van der Waals surface area contributed by atoms with Crippen molar-refractivity contribution < 1.29 is 24.2 Å². The van der Waals surface area contributed by atoms with Crippen molar-refractivity contribution in [3.8, 4) is 0 Å². The van der Waals surface area contributed by atoms with Crippen molar-refractivity contribution >= 4 is 27.8 Å². The molecule has 1 amide bonds. The zero-order chi connectivity index (χ0) is 14.2. The maximum atomic E-state index is 13.7. The van der Waals surface area contributed by atoms with Gasteiger partial charge in [0.2, 0.25) is 0 Å². The topological polar surface area (TPSA) is 77.8 Å². The van der Waals surface area contributed by atoms with Crippen molar-refractivity contribution in [2.75, 3.05) is 6.54 Å². The van der Waals surface area contributed by atoms with Gasteiger partial charge in [-0.05, 0) is 28.1 Å².